The minimum Gasteiger partial charge on any atom is -0.432 e. The fourth-order valence-corrected chi connectivity index (χ4v) is 1.65. The Morgan fingerprint density at radius 2 is 2.15 bits per heavy atom. The Morgan fingerprint density at radius 3 is 2.75 bits per heavy atom. The molecule has 0 radical (unpaired) electrons. The maximum Gasteiger partial charge on any atom is 0.331 e. The summed E-state index contributed by atoms with van der Waals surface area (Å²) in [6.07, 6.45) is 0. The molecule has 1 aromatic heterocycles. The lowest BCUT2D eigenvalue weighted by Gasteiger charge is -2.08. The van der Waals surface area contributed by atoms with Crippen molar-refractivity contribution in [3.05, 3.63) is 51.3 Å². The number of nitrogens with one attached hydrogen (secondary N) is 1. The zero-order chi connectivity index (χ0) is 14.7. The molecular weight excluding hydrogens is 289 g/mol. The van der Waals surface area contributed by atoms with Gasteiger partial charge in [0.1, 0.15) is 17.4 Å². The van der Waals surface area contributed by atoms with Crippen LogP contribution >= 0.6 is 11.6 Å². The van der Waals surface area contributed by atoms with Gasteiger partial charge in [-0.15, -0.1) is 0 Å². The van der Waals surface area contributed by atoms with Gasteiger partial charge in [-0.3, -0.25) is 10.1 Å². The van der Waals surface area contributed by atoms with Crippen molar-refractivity contribution in [2.45, 2.75) is 0 Å². The number of nitrogens with zero attached hydrogens (tertiary/aromatic N) is 2. The minimum atomic E-state index is -0.626. The first-order valence-corrected chi connectivity index (χ1v) is 5.85. The molecule has 0 saturated heterocycles. The second-order valence-corrected chi connectivity index (χ2v) is 4.11. The highest BCUT2D eigenvalue weighted by Crippen LogP contribution is 2.34. The Balaban J connectivity index is 2.43. The molecule has 0 aliphatic heterocycles. The molecule has 2 aromatic rings. The summed E-state index contributed by atoms with van der Waals surface area (Å²) in [5.41, 5.74) is -0.315. The van der Waals surface area contributed by atoms with E-state index in [1.807, 2.05) is 0 Å². The lowest BCUT2D eigenvalue weighted by Crippen LogP contribution is -1.99. The van der Waals surface area contributed by atoms with E-state index in [0.717, 1.165) is 12.1 Å². The molecule has 0 aliphatic carbocycles. The third-order valence-electron chi connectivity index (χ3n) is 2.39. The minimum absolute atomic E-state index is 0.00374. The third-order valence-corrected chi connectivity index (χ3v) is 2.69. The van der Waals surface area contributed by atoms with Gasteiger partial charge in [0.05, 0.1) is 9.95 Å². The van der Waals surface area contributed by atoms with Crippen molar-refractivity contribution in [2.75, 3.05) is 12.4 Å². The molecule has 1 aromatic carbocycles. The zero-order valence-electron chi connectivity index (χ0n) is 10.3. The van der Waals surface area contributed by atoms with E-state index in [1.165, 1.54) is 18.2 Å². The topological polar surface area (TPSA) is 77.3 Å². The summed E-state index contributed by atoms with van der Waals surface area (Å²) in [7, 11) is 1.61. The quantitative estimate of drug-likeness (QED) is 0.689. The zero-order valence-corrected chi connectivity index (χ0v) is 11.0. The number of benzene rings is 1. The summed E-state index contributed by atoms with van der Waals surface area (Å²) in [6.45, 7) is 0. The largest absolute Gasteiger partial charge is 0.432 e. The molecule has 6 nitrogen and oxygen atoms in total. The molecule has 0 bridgehead atoms. The van der Waals surface area contributed by atoms with Crippen molar-refractivity contribution in [2.24, 2.45) is 0 Å². The van der Waals surface area contributed by atoms with Crippen molar-refractivity contribution in [1.82, 2.24) is 4.98 Å². The van der Waals surface area contributed by atoms with Gasteiger partial charge in [-0.2, -0.15) is 4.98 Å². The lowest BCUT2D eigenvalue weighted by molar-refractivity contribution is -0.386. The number of rotatable bonds is 4. The van der Waals surface area contributed by atoms with Gasteiger partial charge in [0.15, 0.2) is 0 Å². The SMILES string of the molecule is CNc1ccc([N+](=O)[O-])c(Oc2ccc(F)cc2Cl)n1. The number of pyridine rings is 1. The normalized spacial score (nSPS) is 10.2. The monoisotopic (exact) mass is 297 g/mol. The molecule has 104 valence electrons. The molecule has 2 rings (SSSR count). The van der Waals surface area contributed by atoms with Crippen LogP contribution in [0.15, 0.2) is 30.3 Å². The number of halogens is 2. The van der Waals surface area contributed by atoms with Crippen LogP contribution in [0.2, 0.25) is 5.02 Å². The van der Waals surface area contributed by atoms with E-state index < -0.39 is 10.7 Å². The molecule has 0 atom stereocenters. The van der Waals surface area contributed by atoms with E-state index in [1.54, 1.807) is 7.05 Å². The molecule has 1 heterocycles. The predicted octanol–water partition coefficient (Wildman–Crippen LogP) is 3.62. The number of hydrogen-bond donors (Lipinski definition) is 1. The summed E-state index contributed by atoms with van der Waals surface area (Å²) in [4.78, 5) is 14.2. The van der Waals surface area contributed by atoms with Crippen molar-refractivity contribution in [3.63, 3.8) is 0 Å². The highest BCUT2D eigenvalue weighted by atomic mass is 35.5. The Morgan fingerprint density at radius 1 is 1.40 bits per heavy atom. The van der Waals surface area contributed by atoms with E-state index in [-0.39, 0.29) is 22.3 Å². The molecular formula is C12H9ClFN3O3. The maximum atomic E-state index is 12.9. The van der Waals surface area contributed by atoms with Gasteiger partial charge in [-0.1, -0.05) is 11.6 Å². The molecule has 8 heteroatoms. The van der Waals surface area contributed by atoms with Crippen LogP contribution in [0, 0.1) is 15.9 Å². The third kappa shape index (κ3) is 2.94. The highest BCUT2D eigenvalue weighted by Gasteiger charge is 2.19. The van der Waals surface area contributed by atoms with Gasteiger partial charge in [0.25, 0.3) is 0 Å². The van der Waals surface area contributed by atoms with Crippen LogP contribution in [0.25, 0.3) is 0 Å². The van der Waals surface area contributed by atoms with Gasteiger partial charge in [0, 0.05) is 13.1 Å². The molecule has 0 saturated carbocycles. The lowest BCUT2D eigenvalue weighted by atomic mass is 10.3. The van der Waals surface area contributed by atoms with Crippen molar-refractivity contribution < 1.29 is 14.1 Å². The Kier molecular flexibility index (Phi) is 3.99. The molecule has 0 unspecified atom stereocenters. The number of nitro groups is 1. The Bertz CT molecular complexity index is 666. The molecule has 1 N–H and O–H groups in total. The van der Waals surface area contributed by atoms with Crippen LogP contribution < -0.4 is 10.1 Å². The highest BCUT2D eigenvalue weighted by molar-refractivity contribution is 6.32. The predicted molar refractivity (Wildman–Crippen MR) is 71.9 cm³/mol. The van der Waals surface area contributed by atoms with E-state index >= 15 is 0 Å². The van der Waals surface area contributed by atoms with Gasteiger partial charge in [-0.05, 0) is 24.3 Å². The van der Waals surface area contributed by atoms with Gasteiger partial charge in [0.2, 0.25) is 0 Å². The average Bonchev–Trinajstić information content (AvgIpc) is 2.41. The van der Waals surface area contributed by atoms with E-state index in [0.29, 0.717) is 5.82 Å². The summed E-state index contributed by atoms with van der Waals surface area (Å²) in [6, 6.07) is 6.15. The second-order valence-electron chi connectivity index (χ2n) is 3.70. The van der Waals surface area contributed by atoms with E-state index in [4.69, 9.17) is 16.3 Å². The van der Waals surface area contributed by atoms with Crippen molar-refractivity contribution >= 4 is 23.1 Å². The maximum absolute atomic E-state index is 12.9. The van der Waals surface area contributed by atoms with Crippen LogP contribution in [0.4, 0.5) is 15.9 Å². The fourth-order valence-electron chi connectivity index (χ4n) is 1.45. The van der Waals surface area contributed by atoms with Crippen LogP contribution in [0.5, 0.6) is 11.6 Å². The van der Waals surface area contributed by atoms with Crippen LogP contribution in [-0.2, 0) is 0 Å². The number of anilines is 1. The van der Waals surface area contributed by atoms with Crippen LogP contribution in [-0.4, -0.2) is 17.0 Å². The van der Waals surface area contributed by atoms with Gasteiger partial charge >= 0.3 is 11.6 Å². The van der Waals surface area contributed by atoms with Gasteiger partial charge in [-0.25, -0.2) is 4.39 Å². The average molecular weight is 298 g/mol. The number of aromatic nitrogens is 1. The molecule has 0 amide bonds. The smallest absolute Gasteiger partial charge is 0.331 e. The first-order chi connectivity index (χ1) is 9.51. The molecule has 20 heavy (non-hydrogen) atoms. The second kappa shape index (κ2) is 5.70. The van der Waals surface area contributed by atoms with E-state index in [9.17, 15) is 14.5 Å². The summed E-state index contributed by atoms with van der Waals surface area (Å²) >= 11 is 5.81. The molecule has 0 fully saturated rings. The van der Waals surface area contributed by atoms with Crippen molar-refractivity contribution in [3.8, 4) is 11.6 Å². The Labute approximate surface area is 118 Å². The summed E-state index contributed by atoms with van der Waals surface area (Å²) < 4.78 is 18.2. The standard InChI is InChI=1S/C12H9ClFN3O3/c1-15-11-5-3-9(17(18)19)12(16-11)20-10-4-2-7(14)6-8(10)13/h2-6H,1H3,(H,15,16). The first kappa shape index (κ1) is 14.0. The van der Waals surface area contributed by atoms with Gasteiger partial charge < -0.3 is 10.1 Å². The van der Waals surface area contributed by atoms with E-state index in [2.05, 4.69) is 10.3 Å². The summed E-state index contributed by atoms with van der Waals surface area (Å²) in [5.74, 6) is -0.287. The first-order valence-electron chi connectivity index (χ1n) is 5.47. The number of hydrogen-bond acceptors (Lipinski definition) is 5. The Hall–Kier alpha value is -2.41. The van der Waals surface area contributed by atoms with Crippen molar-refractivity contribution in [1.29, 1.82) is 0 Å². The molecule has 0 spiro atoms. The molecule has 0 aliphatic rings. The fraction of sp³-hybridized carbons (Fsp3) is 0.0833. The van der Waals surface area contributed by atoms with Crippen LogP contribution in [0.1, 0.15) is 0 Å². The number of ether oxygens (including phenoxy) is 1. The summed E-state index contributed by atoms with van der Waals surface area (Å²) in [5, 5.41) is 13.7. The van der Waals surface area contributed by atoms with Crippen LogP contribution in [0.3, 0.4) is 0 Å².